The number of aromatic nitrogens is 3. The van der Waals surface area contributed by atoms with E-state index >= 15 is 0 Å². The second kappa shape index (κ2) is 4.52. The molecule has 0 aromatic carbocycles. The number of hydrogen-bond acceptors (Lipinski definition) is 4. The van der Waals surface area contributed by atoms with Crippen LogP contribution >= 0.6 is 15.9 Å². The highest BCUT2D eigenvalue weighted by atomic mass is 79.9. The lowest BCUT2D eigenvalue weighted by atomic mass is 10.4. The Kier molecular flexibility index (Phi) is 3.09. The van der Waals surface area contributed by atoms with Crippen LogP contribution in [0.4, 0.5) is 4.39 Å². The van der Waals surface area contributed by atoms with Crippen molar-refractivity contribution in [3.05, 3.63) is 40.6 Å². The standard InChI is InChI=1S/C10H7BrFN3O/c1-6-2-3-8(9(11)15-6)16-10-13-4-7(12)5-14-10/h2-5H,1H3. The van der Waals surface area contributed by atoms with Gasteiger partial charge in [0.25, 0.3) is 0 Å². The zero-order valence-electron chi connectivity index (χ0n) is 8.32. The van der Waals surface area contributed by atoms with E-state index in [1.54, 1.807) is 12.1 Å². The lowest BCUT2D eigenvalue weighted by molar-refractivity contribution is 0.431. The monoisotopic (exact) mass is 283 g/mol. The van der Waals surface area contributed by atoms with Gasteiger partial charge in [-0.05, 0) is 35.0 Å². The fourth-order valence-corrected chi connectivity index (χ4v) is 1.53. The van der Waals surface area contributed by atoms with Gasteiger partial charge in [0.1, 0.15) is 4.60 Å². The van der Waals surface area contributed by atoms with Crippen molar-refractivity contribution in [1.82, 2.24) is 15.0 Å². The van der Waals surface area contributed by atoms with E-state index in [0.29, 0.717) is 10.4 Å². The van der Waals surface area contributed by atoms with Gasteiger partial charge in [-0.3, -0.25) is 0 Å². The average Bonchev–Trinajstić information content (AvgIpc) is 2.25. The summed E-state index contributed by atoms with van der Waals surface area (Å²) in [6.07, 6.45) is 2.08. The SMILES string of the molecule is Cc1ccc(Oc2ncc(F)cn2)c(Br)n1. The molecule has 0 aliphatic rings. The molecule has 0 N–H and O–H groups in total. The molecule has 4 nitrogen and oxygen atoms in total. The Morgan fingerprint density at radius 3 is 2.56 bits per heavy atom. The Morgan fingerprint density at radius 2 is 1.94 bits per heavy atom. The summed E-state index contributed by atoms with van der Waals surface area (Å²) in [4.78, 5) is 11.5. The molecule has 82 valence electrons. The Bertz CT molecular complexity index is 504. The molecular weight excluding hydrogens is 277 g/mol. The highest BCUT2D eigenvalue weighted by molar-refractivity contribution is 9.10. The van der Waals surface area contributed by atoms with Gasteiger partial charge in [-0.2, -0.15) is 0 Å². The minimum absolute atomic E-state index is 0.0766. The lowest BCUT2D eigenvalue weighted by Crippen LogP contribution is -1.94. The number of rotatable bonds is 2. The van der Waals surface area contributed by atoms with Crippen molar-refractivity contribution in [2.24, 2.45) is 0 Å². The van der Waals surface area contributed by atoms with Crippen molar-refractivity contribution in [1.29, 1.82) is 0 Å². The van der Waals surface area contributed by atoms with Crippen LogP contribution in [0.3, 0.4) is 0 Å². The molecule has 0 unspecified atom stereocenters. The second-order valence-corrected chi connectivity index (χ2v) is 3.78. The lowest BCUT2D eigenvalue weighted by Gasteiger charge is -2.05. The molecule has 0 aliphatic carbocycles. The van der Waals surface area contributed by atoms with Crippen LogP contribution in [0.5, 0.6) is 11.8 Å². The fourth-order valence-electron chi connectivity index (χ4n) is 1.04. The zero-order chi connectivity index (χ0) is 11.5. The van der Waals surface area contributed by atoms with Crippen LogP contribution in [-0.2, 0) is 0 Å². The van der Waals surface area contributed by atoms with Gasteiger partial charge >= 0.3 is 6.01 Å². The molecule has 2 aromatic heterocycles. The fraction of sp³-hybridized carbons (Fsp3) is 0.100. The third-order valence-corrected chi connectivity index (χ3v) is 2.32. The molecule has 16 heavy (non-hydrogen) atoms. The maximum Gasteiger partial charge on any atom is 0.322 e. The number of aryl methyl sites for hydroxylation is 1. The largest absolute Gasteiger partial charge is 0.421 e. The van der Waals surface area contributed by atoms with Crippen LogP contribution in [0.15, 0.2) is 29.1 Å². The smallest absolute Gasteiger partial charge is 0.322 e. The minimum Gasteiger partial charge on any atom is -0.421 e. The quantitative estimate of drug-likeness (QED) is 0.795. The van der Waals surface area contributed by atoms with Crippen molar-refractivity contribution < 1.29 is 9.13 Å². The summed E-state index contributed by atoms with van der Waals surface area (Å²) >= 11 is 3.25. The highest BCUT2D eigenvalue weighted by Gasteiger charge is 2.06. The van der Waals surface area contributed by atoms with Crippen LogP contribution in [0, 0.1) is 12.7 Å². The molecule has 2 aromatic rings. The molecule has 0 aliphatic heterocycles. The van der Waals surface area contributed by atoms with Crippen LogP contribution < -0.4 is 4.74 Å². The predicted molar refractivity (Wildman–Crippen MR) is 58.7 cm³/mol. The molecule has 0 saturated heterocycles. The van der Waals surface area contributed by atoms with Gasteiger partial charge in [0.2, 0.25) is 0 Å². The van der Waals surface area contributed by atoms with Crippen LogP contribution in [0.2, 0.25) is 0 Å². The molecule has 0 bridgehead atoms. The molecule has 2 heterocycles. The first kappa shape index (κ1) is 10.9. The van der Waals surface area contributed by atoms with Crippen LogP contribution in [-0.4, -0.2) is 15.0 Å². The number of halogens is 2. The third-order valence-electron chi connectivity index (χ3n) is 1.75. The van der Waals surface area contributed by atoms with Gasteiger partial charge in [-0.25, -0.2) is 19.3 Å². The summed E-state index contributed by atoms with van der Waals surface area (Å²) < 4.78 is 18.4. The van der Waals surface area contributed by atoms with E-state index in [1.807, 2.05) is 6.92 Å². The van der Waals surface area contributed by atoms with Crippen molar-refractivity contribution in [3.63, 3.8) is 0 Å². The maximum absolute atomic E-state index is 12.6. The molecule has 0 atom stereocenters. The summed E-state index contributed by atoms with van der Waals surface area (Å²) in [6, 6.07) is 3.61. The minimum atomic E-state index is -0.506. The van der Waals surface area contributed by atoms with Gasteiger partial charge in [-0.1, -0.05) is 0 Å². The number of nitrogens with zero attached hydrogens (tertiary/aromatic N) is 3. The normalized spacial score (nSPS) is 10.2. The van der Waals surface area contributed by atoms with E-state index in [0.717, 1.165) is 18.1 Å². The third kappa shape index (κ3) is 2.52. The molecule has 0 amide bonds. The summed E-state index contributed by atoms with van der Waals surface area (Å²) in [7, 11) is 0. The van der Waals surface area contributed by atoms with Gasteiger partial charge < -0.3 is 4.74 Å². The topological polar surface area (TPSA) is 47.9 Å². The van der Waals surface area contributed by atoms with Crippen molar-refractivity contribution in [2.75, 3.05) is 0 Å². The van der Waals surface area contributed by atoms with Gasteiger partial charge in [0.15, 0.2) is 11.6 Å². The average molecular weight is 284 g/mol. The molecule has 0 saturated carbocycles. The predicted octanol–water partition coefficient (Wildman–Crippen LogP) is 2.87. The van der Waals surface area contributed by atoms with Gasteiger partial charge in [-0.15, -0.1) is 0 Å². The van der Waals surface area contributed by atoms with E-state index in [4.69, 9.17) is 4.74 Å². The molecule has 2 rings (SSSR count). The van der Waals surface area contributed by atoms with Crippen LogP contribution in [0.25, 0.3) is 0 Å². The maximum atomic E-state index is 12.6. The first-order valence-electron chi connectivity index (χ1n) is 4.44. The molecule has 0 spiro atoms. The van der Waals surface area contributed by atoms with E-state index < -0.39 is 5.82 Å². The van der Waals surface area contributed by atoms with Gasteiger partial charge in [0.05, 0.1) is 12.4 Å². The van der Waals surface area contributed by atoms with E-state index in [2.05, 4.69) is 30.9 Å². The van der Waals surface area contributed by atoms with Crippen LogP contribution in [0.1, 0.15) is 5.69 Å². The Morgan fingerprint density at radius 1 is 1.25 bits per heavy atom. The Hall–Kier alpha value is -1.56. The summed E-state index contributed by atoms with van der Waals surface area (Å²) in [5.41, 5.74) is 0.860. The molecular formula is C10H7BrFN3O. The molecule has 0 fully saturated rings. The first-order chi connectivity index (χ1) is 7.65. The van der Waals surface area contributed by atoms with Crippen molar-refractivity contribution >= 4 is 15.9 Å². The zero-order valence-corrected chi connectivity index (χ0v) is 9.90. The summed E-state index contributed by atoms with van der Waals surface area (Å²) in [5, 5.41) is 0. The van der Waals surface area contributed by atoms with Crippen molar-refractivity contribution in [2.45, 2.75) is 6.92 Å². The summed E-state index contributed by atoms with van der Waals surface area (Å²) in [6.45, 7) is 1.86. The van der Waals surface area contributed by atoms with Gasteiger partial charge in [0, 0.05) is 5.69 Å². The number of ether oxygens (including phenoxy) is 1. The summed E-state index contributed by atoms with van der Waals surface area (Å²) in [5.74, 6) is -0.0225. The van der Waals surface area contributed by atoms with E-state index in [1.165, 1.54) is 0 Å². The van der Waals surface area contributed by atoms with E-state index in [-0.39, 0.29) is 6.01 Å². The highest BCUT2D eigenvalue weighted by Crippen LogP contribution is 2.25. The Labute approximate surface area is 99.7 Å². The Balaban J connectivity index is 2.23. The first-order valence-corrected chi connectivity index (χ1v) is 5.23. The van der Waals surface area contributed by atoms with Crippen molar-refractivity contribution in [3.8, 4) is 11.8 Å². The number of pyridine rings is 1. The molecule has 0 radical (unpaired) electrons. The molecule has 6 heteroatoms. The second-order valence-electron chi connectivity index (χ2n) is 3.03. The van der Waals surface area contributed by atoms with E-state index in [9.17, 15) is 4.39 Å². The number of hydrogen-bond donors (Lipinski definition) is 0.